The smallest absolute Gasteiger partial charge is 0.410 e. The summed E-state index contributed by atoms with van der Waals surface area (Å²) in [5.74, 6) is 0.479. The lowest BCUT2D eigenvalue weighted by Gasteiger charge is -2.27. The first-order chi connectivity index (χ1) is 10.8. The van der Waals surface area contributed by atoms with Gasteiger partial charge in [0, 0.05) is 4.90 Å². The Bertz CT molecular complexity index is 720. The van der Waals surface area contributed by atoms with Crippen molar-refractivity contribution in [2.75, 3.05) is 0 Å². The minimum absolute atomic E-state index is 0.479. The first-order valence-corrected chi connectivity index (χ1v) is 7.78. The number of rotatable bonds is 4. The van der Waals surface area contributed by atoms with Gasteiger partial charge >= 0.3 is 6.09 Å². The van der Waals surface area contributed by atoms with Crippen LogP contribution in [0.1, 0.15) is 31.9 Å². The number of carbonyl (C=O) groups is 1. The molecule has 0 bridgehead atoms. The van der Waals surface area contributed by atoms with Gasteiger partial charge in [-0.25, -0.2) is 4.79 Å². The van der Waals surface area contributed by atoms with Gasteiger partial charge in [-0.2, -0.15) is 0 Å². The number of thiol groups is 1. The third kappa shape index (κ3) is 4.63. The zero-order chi connectivity index (χ0) is 17.0. The van der Waals surface area contributed by atoms with E-state index in [2.05, 4.69) is 24.5 Å². The van der Waals surface area contributed by atoms with Gasteiger partial charge in [-0.15, -0.1) is 12.6 Å². The van der Waals surface area contributed by atoms with Crippen molar-refractivity contribution in [2.45, 2.75) is 31.2 Å². The molecule has 0 aromatic heterocycles. The molecule has 1 amide bonds. The number of nitrogens with one attached hydrogen (secondary N) is 1. The van der Waals surface area contributed by atoms with Gasteiger partial charge in [0.2, 0.25) is 0 Å². The van der Waals surface area contributed by atoms with Crippen LogP contribution in [0.5, 0.6) is 5.75 Å². The maximum Gasteiger partial charge on any atom is 0.413 e. The number of allylic oxidation sites excluding steroid dienone is 1. The van der Waals surface area contributed by atoms with Gasteiger partial charge < -0.3 is 10.1 Å². The van der Waals surface area contributed by atoms with Crippen LogP contribution in [0.25, 0.3) is 5.57 Å². The lowest BCUT2D eigenvalue weighted by molar-refractivity contribution is 0.188. The summed E-state index contributed by atoms with van der Waals surface area (Å²) >= 11 is 4.20. The van der Waals surface area contributed by atoms with Crippen molar-refractivity contribution in [1.82, 2.24) is 5.32 Å². The second kappa shape index (κ2) is 6.92. The van der Waals surface area contributed by atoms with E-state index in [0.717, 1.165) is 21.6 Å². The van der Waals surface area contributed by atoms with E-state index in [4.69, 9.17) is 4.74 Å². The number of hydrogen-bond acceptors (Lipinski definition) is 3. The normalized spacial score (nSPS) is 11.0. The molecule has 0 spiro atoms. The molecule has 4 heteroatoms. The van der Waals surface area contributed by atoms with Crippen LogP contribution in [0.15, 0.2) is 60.0 Å². The molecule has 3 nitrogen and oxygen atoms in total. The molecule has 0 heterocycles. The molecule has 0 atom stereocenters. The van der Waals surface area contributed by atoms with Crippen molar-refractivity contribution in [3.8, 4) is 5.75 Å². The lowest BCUT2D eigenvalue weighted by atomic mass is 9.92. The Morgan fingerprint density at radius 2 is 1.83 bits per heavy atom. The second-order valence-electron chi connectivity index (χ2n) is 5.99. The van der Waals surface area contributed by atoms with Gasteiger partial charge in [0.15, 0.2) is 0 Å². The molecule has 2 rings (SSSR count). The van der Waals surface area contributed by atoms with Crippen LogP contribution in [-0.4, -0.2) is 6.09 Å². The Labute approximate surface area is 142 Å². The van der Waals surface area contributed by atoms with Crippen molar-refractivity contribution in [1.29, 1.82) is 0 Å². The highest BCUT2D eigenvalue weighted by molar-refractivity contribution is 7.80. The van der Waals surface area contributed by atoms with E-state index < -0.39 is 11.6 Å². The highest BCUT2D eigenvalue weighted by atomic mass is 32.1. The van der Waals surface area contributed by atoms with E-state index >= 15 is 0 Å². The Morgan fingerprint density at radius 1 is 1.17 bits per heavy atom. The topological polar surface area (TPSA) is 38.3 Å². The van der Waals surface area contributed by atoms with Crippen LogP contribution < -0.4 is 10.1 Å². The fraction of sp³-hybridized carbons (Fsp3) is 0.211. The Kier molecular flexibility index (Phi) is 5.16. The quantitative estimate of drug-likeness (QED) is 0.773. The zero-order valence-corrected chi connectivity index (χ0v) is 14.5. The van der Waals surface area contributed by atoms with Crippen molar-refractivity contribution < 1.29 is 9.53 Å². The molecule has 1 N–H and O–H groups in total. The van der Waals surface area contributed by atoms with Crippen molar-refractivity contribution in [3.63, 3.8) is 0 Å². The van der Waals surface area contributed by atoms with Crippen LogP contribution in [0.4, 0.5) is 4.79 Å². The highest BCUT2D eigenvalue weighted by Gasteiger charge is 2.24. The molecule has 120 valence electrons. The third-order valence-electron chi connectivity index (χ3n) is 3.54. The summed E-state index contributed by atoms with van der Waals surface area (Å²) in [6.45, 7) is 9.78. The average Bonchev–Trinajstić information content (AvgIpc) is 2.49. The van der Waals surface area contributed by atoms with Gasteiger partial charge in [-0.05, 0) is 62.2 Å². The maximum atomic E-state index is 12.1. The minimum atomic E-state index is -0.563. The largest absolute Gasteiger partial charge is 0.413 e. The maximum absolute atomic E-state index is 12.1. The Morgan fingerprint density at radius 3 is 2.43 bits per heavy atom. The SMILES string of the molecule is C=C(C)c1cccc(C(C)(C)NC(=O)Oc2ccc(S)cc2)c1. The van der Waals surface area contributed by atoms with E-state index in [1.807, 2.05) is 45.0 Å². The number of benzene rings is 2. The average molecular weight is 327 g/mol. The molecule has 0 radical (unpaired) electrons. The van der Waals surface area contributed by atoms with Crippen molar-refractivity contribution >= 4 is 24.3 Å². The Hall–Kier alpha value is -2.20. The van der Waals surface area contributed by atoms with Gasteiger partial charge in [0.1, 0.15) is 5.75 Å². The number of hydrogen-bond donors (Lipinski definition) is 2. The van der Waals surface area contributed by atoms with Crippen LogP contribution >= 0.6 is 12.6 Å². The third-order valence-corrected chi connectivity index (χ3v) is 3.84. The van der Waals surface area contributed by atoms with E-state index in [0.29, 0.717) is 5.75 Å². The van der Waals surface area contributed by atoms with Crippen LogP contribution in [0, 0.1) is 0 Å². The molecule has 0 fully saturated rings. The van der Waals surface area contributed by atoms with Crippen molar-refractivity contribution in [3.05, 3.63) is 66.2 Å². The molecule has 2 aromatic rings. The standard InChI is InChI=1S/C19H21NO2S/c1-13(2)14-6-5-7-15(12-14)19(3,4)20-18(21)22-16-8-10-17(23)11-9-16/h5-12,23H,1H2,2-4H3,(H,20,21). The van der Waals surface area contributed by atoms with E-state index in [1.54, 1.807) is 24.3 Å². The molecular weight excluding hydrogens is 306 g/mol. The summed E-state index contributed by atoms with van der Waals surface area (Å²) in [6.07, 6.45) is -0.498. The van der Waals surface area contributed by atoms with Crippen LogP contribution in [0.3, 0.4) is 0 Å². The Balaban J connectivity index is 2.10. The molecule has 0 saturated heterocycles. The predicted molar refractivity (Wildman–Crippen MR) is 97.0 cm³/mol. The summed E-state index contributed by atoms with van der Waals surface area (Å²) in [4.78, 5) is 12.9. The predicted octanol–water partition coefficient (Wildman–Crippen LogP) is 5.03. The zero-order valence-electron chi connectivity index (χ0n) is 13.6. The van der Waals surface area contributed by atoms with E-state index in [-0.39, 0.29) is 0 Å². The van der Waals surface area contributed by atoms with Crippen LogP contribution in [0.2, 0.25) is 0 Å². The fourth-order valence-electron chi connectivity index (χ4n) is 2.15. The number of ether oxygens (including phenoxy) is 1. The molecular formula is C19H21NO2S. The van der Waals surface area contributed by atoms with E-state index in [9.17, 15) is 4.79 Å². The summed E-state index contributed by atoms with van der Waals surface area (Å²) in [5, 5.41) is 2.89. The van der Waals surface area contributed by atoms with Gasteiger partial charge in [0.25, 0.3) is 0 Å². The molecule has 2 aromatic carbocycles. The fourth-order valence-corrected chi connectivity index (χ4v) is 2.30. The highest BCUT2D eigenvalue weighted by Crippen LogP contribution is 2.24. The first-order valence-electron chi connectivity index (χ1n) is 7.33. The molecule has 0 unspecified atom stereocenters. The monoisotopic (exact) mass is 327 g/mol. The van der Waals surface area contributed by atoms with Gasteiger partial charge in [-0.1, -0.05) is 30.4 Å². The number of amides is 1. The number of carbonyl (C=O) groups excluding carboxylic acids is 1. The van der Waals surface area contributed by atoms with Crippen LogP contribution in [-0.2, 0) is 5.54 Å². The lowest BCUT2D eigenvalue weighted by Crippen LogP contribution is -2.42. The molecule has 0 saturated carbocycles. The van der Waals surface area contributed by atoms with Gasteiger partial charge in [0.05, 0.1) is 5.54 Å². The molecule has 0 aliphatic carbocycles. The summed E-state index contributed by atoms with van der Waals surface area (Å²) in [6, 6.07) is 14.9. The summed E-state index contributed by atoms with van der Waals surface area (Å²) in [7, 11) is 0. The summed E-state index contributed by atoms with van der Waals surface area (Å²) < 4.78 is 5.30. The van der Waals surface area contributed by atoms with Gasteiger partial charge in [-0.3, -0.25) is 0 Å². The van der Waals surface area contributed by atoms with Crippen molar-refractivity contribution in [2.24, 2.45) is 0 Å². The molecule has 0 aliphatic heterocycles. The second-order valence-corrected chi connectivity index (χ2v) is 6.51. The molecule has 0 aliphatic rings. The summed E-state index contributed by atoms with van der Waals surface area (Å²) in [5.41, 5.74) is 2.46. The minimum Gasteiger partial charge on any atom is -0.410 e. The van der Waals surface area contributed by atoms with E-state index in [1.165, 1.54) is 0 Å². The first kappa shape index (κ1) is 17.2. The molecule has 23 heavy (non-hydrogen) atoms.